The molecule has 5 heteroatoms. The number of nitrogen functional groups attached to an aromatic ring is 1. The minimum atomic E-state index is -0.374. The summed E-state index contributed by atoms with van der Waals surface area (Å²) in [6, 6.07) is 2.73. The molecule has 96 valence electrons. The standard InChI is InChI=1S/C13H16FN3O/c1-4-10-7(2)12(17-15)9-5-8(14)6-11(18-3)13(9)16-10/h5-6H,4,15H2,1-3H3,(H,16,17). The third kappa shape index (κ3) is 1.86. The molecule has 0 bridgehead atoms. The number of nitrogens with one attached hydrogen (secondary N) is 1. The molecule has 0 fully saturated rings. The van der Waals surface area contributed by atoms with Crippen molar-refractivity contribution >= 4 is 16.6 Å². The number of hydrogen-bond acceptors (Lipinski definition) is 4. The number of fused-ring (bicyclic) bond motifs is 1. The van der Waals surface area contributed by atoms with Crippen LogP contribution in [0.15, 0.2) is 12.1 Å². The number of benzene rings is 1. The summed E-state index contributed by atoms with van der Waals surface area (Å²) in [6.07, 6.45) is 0.775. The lowest BCUT2D eigenvalue weighted by atomic mass is 10.1. The Labute approximate surface area is 105 Å². The Morgan fingerprint density at radius 1 is 1.44 bits per heavy atom. The molecule has 0 radical (unpaired) electrons. The van der Waals surface area contributed by atoms with E-state index in [0.717, 1.165) is 17.7 Å². The minimum Gasteiger partial charge on any atom is -0.494 e. The van der Waals surface area contributed by atoms with E-state index in [1.54, 1.807) is 0 Å². The molecule has 0 atom stereocenters. The van der Waals surface area contributed by atoms with E-state index in [2.05, 4.69) is 10.4 Å². The maximum Gasteiger partial charge on any atom is 0.148 e. The molecule has 1 aromatic heterocycles. The van der Waals surface area contributed by atoms with Crippen molar-refractivity contribution in [3.63, 3.8) is 0 Å². The lowest BCUT2D eigenvalue weighted by Gasteiger charge is -2.14. The number of anilines is 1. The summed E-state index contributed by atoms with van der Waals surface area (Å²) < 4.78 is 18.7. The predicted molar refractivity (Wildman–Crippen MR) is 70.2 cm³/mol. The van der Waals surface area contributed by atoms with Crippen LogP contribution in [0.25, 0.3) is 10.9 Å². The van der Waals surface area contributed by atoms with Gasteiger partial charge in [-0.15, -0.1) is 0 Å². The molecule has 0 unspecified atom stereocenters. The monoisotopic (exact) mass is 249 g/mol. The second-order valence-electron chi connectivity index (χ2n) is 4.06. The number of ether oxygens (including phenoxy) is 1. The van der Waals surface area contributed by atoms with Crippen molar-refractivity contribution in [3.05, 3.63) is 29.2 Å². The summed E-state index contributed by atoms with van der Waals surface area (Å²) in [4.78, 5) is 4.53. The highest BCUT2D eigenvalue weighted by Crippen LogP contribution is 2.33. The number of halogens is 1. The number of aryl methyl sites for hydroxylation is 1. The Hall–Kier alpha value is -1.88. The molecule has 0 aliphatic carbocycles. The average molecular weight is 249 g/mol. The molecule has 0 saturated heterocycles. The highest BCUT2D eigenvalue weighted by molar-refractivity contribution is 5.96. The smallest absolute Gasteiger partial charge is 0.148 e. The number of rotatable bonds is 3. The van der Waals surface area contributed by atoms with Crippen molar-refractivity contribution in [3.8, 4) is 5.75 Å². The van der Waals surface area contributed by atoms with Crippen LogP contribution in [0, 0.1) is 12.7 Å². The van der Waals surface area contributed by atoms with Crippen LogP contribution in [0.2, 0.25) is 0 Å². The Bertz CT molecular complexity index is 599. The molecule has 0 aliphatic rings. The second kappa shape index (κ2) is 4.78. The van der Waals surface area contributed by atoms with Gasteiger partial charge in [-0.25, -0.2) is 9.37 Å². The van der Waals surface area contributed by atoms with E-state index in [1.165, 1.54) is 19.2 Å². The van der Waals surface area contributed by atoms with Gasteiger partial charge in [-0.05, 0) is 25.0 Å². The number of aromatic nitrogens is 1. The fourth-order valence-corrected chi connectivity index (χ4v) is 2.13. The molecule has 0 saturated carbocycles. The van der Waals surface area contributed by atoms with E-state index < -0.39 is 0 Å². The number of pyridine rings is 1. The van der Waals surface area contributed by atoms with Gasteiger partial charge in [-0.1, -0.05) is 6.92 Å². The number of hydrazine groups is 1. The SMILES string of the molecule is CCc1nc2c(OC)cc(F)cc2c(NN)c1C. The van der Waals surface area contributed by atoms with Crippen LogP contribution < -0.4 is 16.0 Å². The van der Waals surface area contributed by atoms with Crippen LogP contribution in [0.1, 0.15) is 18.2 Å². The summed E-state index contributed by atoms with van der Waals surface area (Å²) in [5, 5.41) is 0.629. The molecule has 1 aromatic carbocycles. The van der Waals surface area contributed by atoms with Crippen LogP contribution >= 0.6 is 0 Å². The third-order valence-electron chi connectivity index (χ3n) is 3.06. The fraction of sp³-hybridized carbons (Fsp3) is 0.308. The van der Waals surface area contributed by atoms with E-state index >= 15 is 0 Å². The second-order valence-corrected chi connectivity index (χ2v) is 4.06. The summed E-state index contributed by atoms with van der Waals surface area (Å²) in [6.45, 7) is 3.93. The van der Waals surface area contributed by atoms with Gasteiger partial charge in [0.15, 0.2) is 0 Å². The van der Waals surface area contributed by atoms with Gasteiger partial charge in [0, 0.05) is 17.1 Å². The first kappa shape index (κ1) is 12.6. The maximum atomic E-state index is 13.5. The Morgan fingerprint density at radius 3 is 2.72 bits per heavy atom. The number of nitrogens with zero attached hydrogens (tertiary/aromatic N) is 1. The highest BCUT2D eigenvalue weighted by atomic mass is 19.1. The zero-order valence-electron chi connectivity index (χ0n) is 10.7. The Kier molecular flexibility index (Phi) is 3.34. The summed E-state index contributed by atoms with van der Waals surface area (Å²) in [5.74, 6) is 5.58. The predicted octanol–water partition coefficient (Wildman–Crippen LogP) is 2.54. The van der Waals surface area contributed by atoms with Crippen molar-refractivity contribution in [1.29, 1.82) is 0 Å². The van der Waals surface area contributed by atoms with Crippen molar-refractivity contribution in [2.45, 2.75) is 20.3 Å². The zero-order chi connectivity index (χ0) is 13.3. The lowest BCUT2D eigenvalue weighted by molar-refractivity contribution is 0.415. The first-order valence-corrected chi connectivity index (χ1v) is 5.75. The molecule has 2 aromatic rings. The molecule has 1 heterocycles. The molecule has 2 rings (SSSR count). The van der Waals surface area contributed by atoms with Gasteiger partial charge in [0.25, 0.3) is 0 Å². The van der Waals surface area contributed by atoms with Gasteiger partial charge >= 0.3 is 0 Å². The first-order chi connectivity index (χ1) is 8.62. The van der Waals surface area contributed by atoms with E-state index in [4.69, 9.17) is 10.6 Å². The van der Waals surface area contributed by atoms with Crippen molar-refractivity contribution in [1.82, 2.24) is 4.98 Å². The third-order valence-corrected chi connectivity index (χ3v) is 3.06. The topological polar surface area (TPSA) is 60.2 Å². The van der Waals surface area contributed by atoms with Crippen LogP contribution in [0.4, 0.5) is 10.1 Å². The largest absolute Gasteiger partial charge is 0.494 e. The molecule has 0 aliphatic heterocycles. The van der Waals surface area contributed by atoms with Gasteiger partial charge in [0.2, 0.25) is 0 Å². The normalized spacial score (nSPS) is 10.7. The quantitative estimate of drug-likeness (QED) is 0.648. The van der Waals surface area contributed by atoms with Gasteiger partial charge in [0.05, 0.1) is 12.8 Å². The van der Waals surface area contributed by atoms with E-state index in [-0.39, 0.29) is 5.82 Å². The maximum absolute atomic E-state index is 13.5. The van der Waals surface area contributed by atoms with Crippen LogP contribution in [-0.4, -0.2) is 12.1 Å². The Morgan fingerprint density at radius 2 is 2.17 bits per heavy atom. The van der Waals surface area contributed by atoms with E-state index in [1.807, 2.05) is 13.8 Å². The van der Waals surface area contributed by atoms with Crippen molar-refractivity contribution in [2.24, 2.45) is 5.84 Å². The average Bonchev–Trinajstić information content (AvgIpc) is 2.37. The molecule has 18 heavy (non-hydrogen) atoms. The summed E-state index contributed by atoms with van der Waals surface area (Å²) >= 11 is 0. The lowest BCUT2D eigenvalue weighted by Crippen LogP contribution is -2.11. The molecular formula is C13H16FN3O. The molecule has 4 nitrogen and oxygen atoms in total. The van der Waals surface area contributed by atoms with Gasteiger partial charge in [-0.2, -0.15) is 0 Å². The highest BCUT2D eigenvalue weighted by Gasteiger charge is 2.14. The van der Waals surface area contributed by atoms with Gasteiger partial charge in [-0.3, -0.25) is 5.84 Å². The number of nitrogens with two attached hydrogens (primary N) is 1. The number of methoxy groups -OCH3 is 1. The molecule has 0 spiro atoms. The van der Waals surface area contributed by atoms with E-state index in [0.29, 0.717) is 22.3 Å². The van der Waals surface area contributed by atoms with Gasteiger partial charge in [0.1, 0.15) is 17.1 Å². The zero-order valence-corrected chi connectivity index (χ0v) is 10.7. The fourth-order valence-electron chi connectivity index (χ4n) is 2.13. The van der Waals surface area contributed by atoms with Crippen molar-refractivity contribution < 1.29 is 9.13 Å². The van der Waals surface area contributed by atoms with Crippen LogP contribution in [0.5, 0.6) is 5.75 Å². The van der Waals surface area contributed by atoms with Crippen molar-refractivity contribution in [2.75, 3.05) is 12.5 Å². The van der Waals surface area contributed by atoms with Crippen LogP contribution in [-0.2, 0) is 6.42 Å². The minimum absolute atomic E-state index is 0.374. The molecule has 0 amide bonds. The summed E-state index contributed by atoms with van der Waals surface area (Å²) in [5.41, 5.74) is 5.79. The summed E-state index contributed by atoms with van der Waals surface area (Å²) in [7, 11) is 1.50. The first-order valence-electron chi connectivity index (χ1n) is 5.75. The van der Waals surface area contributed by atoms with Gasteiger partial charge < -0.3 is 10.2 Å². The van der Waals surface area contributed by atoms with Crippen LogP contribution in [0.3, 0.4) is 0 Å². The van der Waals surface area contributed by atoms with E-state index in [9.17, 15) is 4.39 Å². The molecule has 3 N–H and O–H groups in total. The number of hydrogen-bond donors (Lipinski definition) is 2. The Balaban J connectivity index is 2.91. The molecular weight excluding hydrogens is 233 g/mol.